The van der Waals surface area contributed by atoms with Crippen molar-refractivity contribution in [2.75, 3.05) is 5.32 Å². The molecule has 0 aromatic carbocycles. The van der Waals surface area contributed by atoms with E-state index in [0.29, 0.717) is 10.8 Å². The fraction of sp³-hybridized carbons (Fsp3) is 0.500. The number of hydrogen-bond donors (Lipinski definition) is 1. The smallest absolute Gasteiger partial charge is 0.276 e. The molecule has 0 aliphatic heterocycles. The van der Waals surface area contributed by atoms with Crippen LogP contribution in [0.3, 0.4) is 0 Å². The Morgan fingerprint density at radius 3 is 2.64 bits per heavy atom. The third kappa shape index (κ3) is 2.52. The molecule has 4 rings (SSSR count). The molecule has 0 radical (unpaired) electrons. The first-order chi connectivity index (χ1) is 10.8. The molecule has 2 heterocycles. The van der Waals surface area contributed by atoms with Gasteiger partial charge in [0, 0.05) is 16.1 Å². The summed E-state index contributed by atoms with van der Waals surface area (Å²) in [4.78, 5) is 27.0. The Balaban J connectivity index is 1.59. The second kappa shape index (κ2) is 5.76. The molecule has 5 nitrogen and oxygen atoms in total. The van der Waals surface area contributed by atoms with Crippen LogP contribution in [0.25, 0.3) is 0 Å². The summed E-state index contributed by atoms with van der Waals surface area (Å²) in [5.41, 5.74) is 3.74. The predicted molar refractivity (Wildman–Crippen MR) is 85.4 cm³/mol. The Bertz CT molecular complexity index is 701. The first kappa shape index (κ1) is 13.8. The molecule has 2 aliphatic carbocycles. The van der Waals surface area contributed by atoms with E-state index in [4.69, 9.17) is 0 Å². The van der Waals surface area contributed by atoms with Crippen molar-refractivity contribution in [3.63, 3.8) is 0 Å². The van der Waals surface area contributed by atoms with Crippen LogP contribution in [0.4, 0.5) is 5.13 Å². The molecule has 114 valence electrons. The van der Waals surface area contributed by atoms with E-state index in [2.05, 4.69) is 20.3 Å². The lowest BCUT2D eigenvalue weighted by Gasteiger charge is -2.16. The van der Waals surface area contributed by atoms with Crippen LogP contribution in [0.1, 0.15) is 58.0 Å². The zero-order valence-electron chi connectivity index (χ0n) is 12.4. The summed E-state index contributed by atoms with van der Waals surface area (Å²) in [6.45, 7) is 0. The van der Waals surface area contributed by atoms with E-state index in [1.807, 2.05) is 0 Å². The first-order valence-corrected chi connectivity index (χ1v) is 8.75. The zero-order valence-corrected chi connectivity index (χ0v) is 13.2. The molecule has 2 aromatic heterocycles. The highest BCUT2D eigenvalue weighted by Gasteiger charge is 2.22. The highest BCUT2D eigenvalue weighted by Crippen LogP contribution is 2.30. The summed E-state index contributed by atoms with van der Waals surface area (Å²) in [6, 6.07) is 0. The molecule has 2 aromatic rings. The fourth-order valence-electron chi connectivity index (χ4n) is 3.28. The highest BCUT2D eigenvalue weighted by molar-refractivity contribution is 7.15. The van der Waals surface area contributed by atoms with Crippen molar-refractivity contribution in [1.29, 1.82) is 0 Å². The van der Waals surface area contributed by atoms with Crippen LogP contribution >= 0.6 is 11.3 Å². The van der Waals surface area contributed by atoms with E-state index in [-0.39, 0.29) is 5.91 Å². The van der Waals surface area contributed by atoms with Crippen LogP contribution in [0.5, 0.6) is 0 Å². The molecule has 2 aliphatic rings. The van der Waals surface area contributed by atoms with Crippen LogP contribution in [0, 0.1) is 0 Å². The standard InChI is InChI=1S/C16H18N4OS/c21-15(14-10-5-1-2-6-11(10)17-9-18-14)20-16-19-12-7-3-4-8-13(12)22-16/h9H,1-8H2,(H,19,20,21). The van der Waals surface area contributed by atoms with Gasteiger partial charge in [-0.2, -0.15) is 0 Å². The lowest BCUT2D eigenvalue weighted by molar-refractivity contribution is 0.102. The molecule has 0 fully saturated rings. The molecule has 0 unspecified atom stereocenters. The van der Waals surface area contributed by atoms with Gasteiger partial charge in [-0.15, -0.1) is 11.3 Å². The minimum Gasteiger partial charge on any atom is -0.296 e. The van der Waals surface area contributed by atoms with Crippen molar-refractivity contribution in [2.45, 2.75) is 51.4 Å². The number of nitrogens with one attached hydrogen (secondary N) is 1. The maximum atomic E-state index is 12.6. The number of nitrogens with zero attached hydrogens (tertiary/aromatic N) is 3. The van der Waals surface area contributed by atoms with Crippen LogP contribution in [-0.2, 0) is 25.7 Å². The Labute approximate surface area is 133 Å². The summed E-state index contributed by atoms with van der Waals surface area (Å²) < 4.78 is 0. The van der Waals surface area contributed by atoms with Gasteiger partial charge >= 0.3 is 0 Å². The normalized spacial score (nSPS) is 16.7. The van der Waals surface area contributed by atoms with Crippen LogP contribution < -0.4 is 5.32 Å². The Kier molecular flexibility index (Phi) is 3.62. The van der Waals surface area contributed by atoms with E-state index >= 15 is 0 Å². The molecule has 0 atom stereocenters. The zero-order chi connectivity index (χ0) is 14.9. The van der Waals surface area contributed by atoms with E-state index in [1.54, 1.807) is 11.3 Å². The lowest BCUT2D eigenvalue weighted by atomic mass is 9.94. The first-order valence-electron chi connectivity index (χ1n) is 7.94. The van der Waals surface area contributed by atoms with Gasteiger partial charge < -0.3 is 0 Å². The van der Waals surface area contributed by atoms with Crippen molar-refractivity contribution >= 4 is 22.4 Å². The number of hydrogen-bond acceptors (Lipinski definition) is 5. The van der Waals surface area contributed by atoms with Gasteiger partial charge in [0.2, 0.25) is 0 Å². The van der Waals surface area contributed by atoms with E-state index < -0.39 is 0 Å². The summed E-state index contributed by atoms with van der Waals surface area (Å²) in [7, 11) is 0. The second-order valence-electron chi connectivity index (χ2n) is 5.90. The number of amides is 1. The second-order valence-corrected chi connectivity index (χ2v) is 6.99. The van der Waals surface area contributed by atoms with Crippen LogP contribution in [-0.4, -0.2) is 20.9 Å². The van der Waals surface area contributed by atoms with Gasteiger partial charge in [0.05, 0.1) is 5.69 Å². The molecule has 0 bridgehead atoms. The Morgan fingerprint density at radius 2 is 1.77 bits per heavy atom. The molecular weight excluding hydrogens is 296 g/mol. The topological polar surface area (TPSA) is 67.8 Å². The number of anilines is 1. The van der Waals surface area contributed by atoms with Crippen molar-refractivity contribution in [2.24, 2.45) is 0 Å². The molecule has 0 saturated carbocycles. The minimum absolute atomic E-state index is 0.147. The number of carbonyl (C=O) groups excluding carboxylic acids is 1. The Morgan fingerprint density at radius 1 is 1.00 bits per heavy atom. The Hall–Kier alpha value is -1.82. The molecule has 1 amide bonds. The SMILES string of the molecule is O=C(Nc1nc2c(s1)CCCC2)c1ncnc2c1CCCC2. The third-order valence-corrected chi connectivity index (χ3v) is 5.48. The number of fused-ring (bicyclic) bond motifs is 2. The average Bonchev–Trinajstić information content (AvgIpc) is 2.96. The minimum atomic E-state index is -0.147. The number of thiazole rings is 1. The molecule has 1 N–H and O–H groups in total. The van der Waals surface area contributed by atoms with E-state index in [1.165, 1.54) is 24.0 Å². The van der Waals surface area contributed by atoms with E-state index in [9.17, 15) is 4.79 Å². The van der Waals surface area contributed by atoms with Crippen LogP contribution in [0.2, 0.25) is 0 Å². The lowest BCUT2D eigenvalue weighted by Crippen LogP contribution is -2.20. The summed E-state index contributed by atoms with van der Waals surface area (Å²) in [5.74, 6) is -0.147. The van der Waals surface area contributed by atoms with E-state index in [0.717, 1.165) is 55.5 Å². The fourth-order valence-corrected chi connectivity index (χ4v) is 4.32. The summed E-state index contributed by atoms with van der Waals surface area (Å²) >= 11 is 1.61. The highest BCUT2D eigenvalue weighted by atomic mass is 32.1. The molecule has 22 heavy (non-hydrogen) atoms. The maximum absolute atomic E-state index is 12.6. The number of rotatable bonds is 2. The van der Waals surface area contributed by atoms with Crippen molar-refractivity contribution in [3.05, 3.63) is 33.8 Å². The van der Waals surface area contributed by atoms with Crippen LogP contribution in [0.15, 0.2) is 6.33 Å². The number of carbonyl (C=O) groups is 1. The predicted octanol–water partition coefficient (Wildman–Crippen LogP) is 2.94. The van der Waals surface area contributed by atoms with Crippen molar-refractivity contribution in [3.8, 4) is 0 Å². The number of aromatic nitrogens is 3. The number of aryl methyl sites for hydroxylation is 3. The van der Waals surface area contributed by atoms with Gasteiger partial charge in [0.1, 0.15) is 12.0 Å². The monoisotopic (exact) mass is 314 g/mol. The van der Waals surface area contributed by atoms with Gasteiger partial charge in [-0.05, 0) is 51.4 Å². The largest absolute Gasteiger partial charge is 0.296 e. The third-order valence-electron chi connectivity index (χ3n) is 4.41. The molecule has 0 spiro atoms. The van der Waals surface area contributed by atoms with Gasteiger partial charge in [0.25, 0.3) is 5.91 Å². The summed E-state index contributed by atoms with van der Waals surface area (Å²) in [6.07, 6.45) is 10.1. The van der Waals surface area contributed by atoms with Gasteiger partial charge in [-0.25, -0.2) is 15.0 Å². The average molecular weight is 314 g/mol. The summed E-state index contributed by atoms with van der Waals surface area (Å²) in [5, 5.41) is 3.65. The molecule has 6 heteroatoms. The van der Waals surface area contributed by atoms with Crippen molar-refractivity contribution < 1.29 is 4.79 Å². The molecular formula is C16H18N4OS. The quantitative estimate of drug-likeness (QED) is 0.925. The van der Waals surface area contributed by atoms with Gasteiger partial charge in [-0.1, -0.05) is 0 Å². The van der Waals surface area contributed by atoms with Gasteiger partial charge in [0.15, 0.2) is 5.13 Å². The van der Waals surface area contributed by atoms with Crippen molar-refractivity contribution in [1.82, 2.24) is 15.0 Å². The maximum Gasteiger partial charge on any atom is 0.276 e. The molecule has 0 saturated heterocycles. The van der Waals surface area contributed by atoms with Gasteiger partial charge in [-0.3, -0.25) is 10.1 Å².